The number of aryl methyl sites for hydroxylation is 1. The number of hydrogen-bond acceptors (Lipinski definition) is 3. The number of phenolic OH excluding ortho intramolecular Hbond substituents is 1. The molecule has 0 spiro atoms. The molecular weight excluding hydrogens is 398 g/mol. The van der Waals surface area contributed by atoms with Gasteiger partial charge < -0.3 is 15.0 Å². The lowest BCUT2D eigenvalue weighted by Gasteiger charge is -2.27. The lowest BCUT2D eigenvalue weighted by Crippen LogP contribution is -2.29. The number of carbonyl (C=O) groups is 1. The first-order valence-corrected chi connectivity index (χ1v) is 12.9. The second-order valence-corrected chi connectivity index (χ2v) is 9.43. The first-order valence-electron chi connectivity index (χ1n) is 12.9. The maximum Gasteiger partial charge on any atom is 0.253 e. The quantitative estimate of drug-likeness (QED) is 0.389. The van der Waals surface area contributed by atoms with Gasteiger partial charge in [0, 0.05) is 41.8 Å². The SMILES string of the molecule is CCCCCCn1c(C)c(C(=O)NCCCCC)c2c(CN3CCCCC3)c(O)ccc21. The van der Waals surface area contributed by atoms with Crippen LogP contribution in [0.15, 0.2) is 12.1 Å². The van der Waals surface area contributed by atoms with E-state index >= 15 is 0 Å². The van der Waals surface area contributed by atoms with Gasteiger partial charge in [-0.15, -0.1) is 0 Å². The van der Waals surface area contributed by atoms with Crippen LogP contribution in [0.3, 0.4) is 0 Å². The molecule has 5 heteroatoms. The molecule has 0 unspecified atom stereocenters. The van der Waals surface area contributed by atoms with Crippen LogP contribution in [-0.4, -0.2) is 40.1 Å². The van der Waals surface area contributed by atoms with Gasteiger partial charge in [0.25, 0.3) is 5.91 Å². The number of aromatic hydroxyl groups is 1. The van der Waals surface area contributed by atoms with E-state index in [4.69, 9.17) is 0 Å². The zero-order valence-electron chi connectivity index (χ0n) is 20.5. The number of piperidine rings is 1. The minimum Gasteiger partial charge on any atom is -0.508 e. The van der Waals surface area contributed by atoms with E-state index < -0.39 is 0 Å². The number of unbranched alkanes of at least 4 members (excludes halogenated alkanes) is 5. The Morgan fingerprint density at radius 3 is 2.44 bits per heavy atom. The predicted octanol–water partition coefficient (Wildman–Crippen LogP) is 6.14. The number of hydrogen-bond donors (Lipinski definition) is 2. The van der Waals surface area contributed by atoms with Gasteiger partial charge in [0.05, 0.1) is 5.56 Å². The summed E-state index contributed by atoms with van der Waals surface area (Å²) in [4.78, 5) is 15.8. The number of phenols is 1. The molecule has 0 bridgehead atoms. The largest absolute Gasteiger partial charge is 0.508 e. The second-order valence-electron chi connectivity index (χ2n) is 9.43. The molecule has 0 saturated carbocycles. The third kappa shape index (κ3) is 5.86. The van der Waals surface area contributed by atoms with Crippen LogP contribution in [0, 0.1) is 6.92 Å². The smallest absolute Gasteiger partial charge is 0.253 e. The Hall–Kier alpha value is -2.01. The van der Waals surface area contributed by atoms with E-state index in [2.05, 4.69) is 35.6 Å². The van der Waals surface area contributed by atoms with Gasteiger partial charge in [-0.2, -0.15) is 0 Å². The average Bonchev–Trinajstić information content (AvgIpc) is 3.08. The molecule has 0 radical (unpaired) electrons. The number of nitrogens with zero attached hydrogens (tertiary/aromatic N) is 2. The van der Waals surface area contributed by atoms with Gasteiger partial charge >= 0.3 is 0 Å². The highest BCUT2D eigenvalue weighted by Gasteiger charge is 2.25. The monoisotopic (exact) mass is 441 g/mol. The van der Waals surface area contributed by atoms with E-state index in [0.29, 0.717) is 18.8 Å². The van der Waals surface area contributed by atoms with E-state index in [1.54, 1.807) is 0 Å². The van der Waals surface area contributed by atoms with Crippen molar-refractivity contribution in [3.8, 4) is 5.75 Å². The van der Waals surface area contributed by atoms with Crippen molar-refractivity contribution in [3.63, 3.8) is 0 Å². The van der Waals surface area contributed by atoms with E-state index in [1.165, 1.54) is 38.5 Å². The van der Waals surface area contributed by atoms with E-state index in [-0.39, 0.29) is 5.91 Å². The number of nitrogens with one attached hydrogen (secondary N) is 1. The molecule has 5 nitrogen and oxygen atoms in total. The van der Waals surface area contributed by atoms with Crippen LogP contribution in [0.1, 0.15) is 99.7 Å². The second kappa shape index (κ2) is 12.3. The lowest BCUT2D eigenvalue weighted by atomic mass is 10.0. The van der Waals surface area contributed by atoms with Crippen molar-refractivity contribution in [3.05, 3.63) is 29.0 Å². The third-order valence-corrected chi connectivity index (χ3v) is 6.93. The summed E-state index contributed by atoms with van der Waals surface area (Å²) < 4.78 is 2.31. The summed E-state index contributed by atoms with van der Waals surface area (Å²) >= 11 is 0. The zero-order chi connectivity index (χ0) is 22.9. The van der Waals surface area contributed by atoms with E-state index in [9.17, 15) is 9.90 Å². The van der Waals surface area contributed by atoms with Gasteiger partial charge in [-0.05, 0) is 57.8 Å². The molecule has 2 heterocycles. The molecule has 0 atom stereocenters. The highest BCUT2D eigenvalue weighted by atomic mass is 16.3. The van der Waals surface area contributed by atoms with Crippen LogP contribution >= 0.6 is 0 Å². The van der Waals surface area contributed by atoms with Crippen LogP contribution in [0.5, 0.6) is 5.75 Å². The van der Waals surface area contributed by atoms with Gasteiger partial charge in [-0.25, -0.2) is 0 Å². The Bertz CT molecular complexity index is 881. The number of likely N-dealkylation sites (tertiary alicyclic amines) is 1. The summed E-state index contributed by atoms with van der Waals surface area (Å²) in [6.07, 6.45) is 11.7. The Kier molecular flexibility index (Phi) is 9.46. The third-order valence-electron chi connectivity index (χ3n) is 6.93. The van der Waals surface area contributed by atoms with Gasteiger partial charge in [-0.3, -0.25) is 9.69 Å². The molecule has 1 aromatic carbocycles. The Morgan fingerprint density at radius 2 is 1.72 bits per heavy atom. The van der Waals surface area contributed by atoms with Gasteiger partial charge in [0.2, 0.25) is 0 Å². The zero-order valence-corrected chi connectivity index (χ0v) is 20.5. The minimum atomic E-state index is 0.00130. The predicted molar refractivity (Wildman–Crippen MR) is 133 cm³/mol. The molecule has 1 fully saturated rings. The van der Waals surface area contributed by atoms with Crippen molar-refractivity contribution in [2.24, 2.45) is 0 Å². The summed E-state index contributed by atoms with van der Waals surface area (Å²) in [6.45, 7) is 10.9. The maximum atomic E-state index is 13.4. The highest BCUT2D eigenvalue weighted by Crippen LogP contribution is 2.35. The van der Waals surface area contributed by atoms with Crippen molar-refractivity contribution in [1.29, 1.82) is 0 Å². The average molecular weight is 442 g/mol. The van der Waals surface area contributed by atoms with Gasteiger partial charge in [0.1, 0.15) is 5.75 Å². The molecule has 1 amide bonds. The normalized spacial score (nSPS) is 14.8. The Labute approximate surface area is 194 Å². The van der Waals surface area contributed by atoms with Crippen molar-refractivity contribution < 1.29 is 9.90 Å². The summed E-state index contributed by atoms with van der Waals surface area (Å²) in [5.41, 5.74) is 3.78. The number of amides is 1. The molecule has 2 N–H and O–H groups in total. The van der Waals surface area contributed by atoms with Crippen LogP contribution < -0.4 is 5.32 Å². The molecule has 1 saturated heterocycles. The molecule has 1 aliphatic heterocycles. The maximum absolute atomic E-state index is 13.4. The molecular formula is C27H43N3O2. The van der Waals surface area contributed by atoms with Crippen LogP contribution in [0.4, 0.5) is 0 Å². The van der Waals surface area contributed by atoms with Crippen LogP contribution in [0.2, 0.25) is 0 Å². The van der Waals surface area contributed by atoms with Crippen molar-refractivity contribution >= 4 is 16.8 Å². The fourth-order valence-corrected chi connectivity index (χ4v) is 5.05. The van der Waals surface area contributed by atoms with Gasteiger partial charge in [-0.1, -0.05) is 52.4 Å². The van der Waals surface area contributed by atoms with Crippen molar-refractivity contribution in [1.82, 2.24) is 14.8 Å². The first kappa shape index (κ1) is 24.6. The van der Waals surface area contributed by atoms with Crippen LogP contribution in [0.25, 0.3) is 10.9 Å². The van der Waals surface area contributed by atoms with Crippen LogP contribution in [-0.2, 0) is 13.1 Å². The standard InChI is InChI=1S/C27H43N3O2/c1-4-6-8-13-19-30-21(3)25(27(32)28-16-10-7-5-2)26-22(24(31)15-14-23(26)30)20-29-17-11-9-12-18-29/h14-15,31H,4-13,16-20H2,1-3H3,(H,28,32). The summed E-state index contributed by atoms with van der Waals surface area (Å²) in [7, 11) is 0. The topological polar surface area (TPSA) is 57.5 Å². The van der Waals surface area contributed by atoms with E-state index in [1.807, 2.05) is 12.1 Å². The first-order chi connectivity index (χ1) is 15.6. The summed E-state index contributed by atoms with van der Waals surface area (Å²) in [5.74, 6) is 0.313. The van der Waals surface area contributed by atoms with E-state index in [0.717, 1.165) is 73.0 Å². The summed E-state index contributed by atoms with van der Waals surface area (Å²) in [6, 6.07) is 3.83. The minimum absolute atomic E-state index is 0.00130. The molecule has 32 heavy (non-hydrogen) atoms. The summed E-state index contributed by atoms with van der Waals surface area (Å²) in [5, 5.41) is 15.0. The molecule has 178 valence electrons. The molecule has 2 aromatic rings. The number of aromatic nitrogens is 1. The Morgan fingerprint density at radius 1 is 1.00 bits per heavy atom. The fraction of sp³-hybridized carbons (Fsp3) is 0.667. The number of benzene rings is 1. The lowest BCUT2D eigenvalue weighted by molar-refractivity contribution is 0.0953. The van der Waals surface area contributed by atoms with Crippen molar-refractivity contribution in [2.45, 2.75) is 98.1 Å². The van der Waals surface area contributed by atoms with Crippen molar-refractivity contribution in [2.75, 3.05) is 19.6 Å². The molecule has 1 aliphatic rings. The molecule has 3 rings (SSSR count). The fourth-order valence-electron chi connectivity index (χ4n) is 5.05. The van der Waals surface area contributed by atoms with Gasteiger partial charge in [0.15, 0.2) is 0 Å². The number of rotatable bonds is 12. The number of carbonyl (C=O) groups excluding carboxylic acids is 1. The molecule has 0 aliphatic carbocycles. The Balaban J connectivity index is 1.99. The molecule has 1 aromatic heterocycles. The highest BCUT2D eigenvalue weighted by molar-refractivity contribution is 6.10. The number of fused-ring (bicyclic) bond motifs is 1.